The minimum atomic E-state index is -0.573. The quantitative estimate of drug-likeness (QED) is 0.463. The van der Waals surface area contributed by atoms with Gasteiger partial charge in [-0.15, -0.1) is 0 Å². The summed E-state index contributed by atoms with van der Waals surface area (Å²) in [6.45, 7) is 2.88. The lowest BCUT2D eigenvalue weighted by Crippen LogP contribution is -2.34. The molecule has 1 amide bonds. The van der Waals surface area contributed by atoms with Crippen molar-refractivity contribution < 1.29 is 9.72 Å². The van der Waals surface area contributed by atoms with E-state index in [1.165, 1.54) is 18.2 Å². The maximum Gasteiger partial charge on any atom is 0.292 e. The van der Waals surface area contributed by atoms with E-state index in [1.807, 2.05) is 0 Å². The van der Waals surface area contributed by atoms with Crippen molar-refractivity contribution in [2.75, 3.05) is 31.9 Å². The molecule has 1 aromatic carbocycles. The Morgan fingerprint density at radius 2 is 2.16 bits per heavy atom. The fraction of sp³-hybridized carbons (Fsp3) is 0.417. The first kappa shape index (κ1) is 13.3. The number of hydrogen-bond acceptors (Lipinski definition) is 5. The minimum Gasteiger partial charge on any atom is -0.393 e. The SMILES string of the molecule is Nc1ccc(C(=O)N2CCCNCC2)cc1[N+](=O)[O-]. The van der Waals surface area contributed by atoms with Gasteiger partial charge in [0, 0.05) is 31.3 Å². The second-order valence-corrected chi connectivity index (χ2v) is 4.43. The number of rotatable bonds is 2. The van der Waals surface area contributed by atoms with Crippen molar-refractivity contribution in [2.45, 2.75) is 6.42 Å². The first-order valence-corrected chi connectivity index (χ1v) is 6.13. The predicted octanol–water partition coefficient (Wildman–Crippen LogP) is 0.613. The van der Waals surface area contributed by atoms with E-state index >= 15 is 0 Å². The first-order chi connectivity index (χ1) is 9.09. The Kier molecular flexibility index (Phi) is 3.96. The van der Waals surface area contributed by atoms with Crippen molar-refractivity contribution in [1.29, 1.82) is 0 Å². The summed E-state index contributed by atoms with van der Waals surface area (Å²) in [6.07, 6.45) is 0.878. The number of hydrogen-bond donors (Lipinski definition) is 2. The third kappa shape index (κ3) is 3.00. The lowest BCUT2D eigenvalue weighted by atomic mass is 10.1. The van der Waals surface area contributed by atoms with Crippen molar-refractivity contribution >= 4 is 17.3 Å². The molecule has 0 aromatic heterocycles. The van der Waals surface area contributed by atoms with Crippen LogP contribution in [0.1, 0.15) is 16.8 Å². The summed E-state index contributed by atoms with van der Waals surface area (Å²) in [4.78, 5) is 24.2. The van der Waals surface area contributed by atoms with Crippen molar-refractivity contribution in [1.82, 2.24) is 10.2 Å². The van der Waals surface area contributed by atoms with Gasteiger partial charge in [0.25, 0.3) is 11.6 Å². The number of nitrogen functional groups attached to an aromatic ring is 1. The molecule has 1 saturated heterocycles. The van der Waals surface area contributed by atoms with Crippen LogP contribution in [-0.4, -0.2) is 41.9 Å². The summed E-state index contributed by atoms with van der Waals surface area (Å²) in [5.41, 5.74) is 5.67. The van der Waals surface area contributed by atoms with Crippen LogP contribution >= 0.6 is 0 Å². The van der Waals surface area contributed by atoms with E-state index in [4.69, 9.17) is 5.73 Å². The molecule has 2 rings (SSSR count). The second kappa shape index (κ2) is 5.66. The van der Waals surface area contributed by atoms with E-state index in [2.05, 4.69) is 5.32 Å². The first-order valence-electron chi connectivity index (χ1n) is 6.13. The molecule has 1 aromatic rings. The summed E-state index contributed by atoms with van der Waals surface area (Å²) in [5, 5.41) is 14.0. The Morgan fingerprint density at radius 3 is 2.89 bits per heavy atom. The molecule has 0 unspecified atom stereocenters. The van der Waals surface area contributed by atoms with Gasteiger partial charge < -0.3 is 16.0 Å². The maximum absolute atomic E-state index is 12.3. The highest BCUT2D eigenvalue weighted by molar-refractivity contribution is 5.95. The zero-order valence-corrected chi connectivity index (χ0v) is 10.5. The highest BCUT2D eigenvalue weighted by Gasteiger charge is 2.20. The lowest BCUT2D eigenvalue weighted by Gasteiger charge is -2.19. The summed E-state index contributed by atoms with van der Waals surface area (Å²) in [5.74, 6) is -0.188. The monoisotopic (exact) mass is 264 g/mol. The van der Waals surface area contributed by atoms with Crippen LogP contribution in [0, 0.1) is 10.1 Å². The Labute approximate surface area is 110 Å². The Hall–Kier alpha value is -2.15. The van der Waals surface area contributed by atoms with E-state index in [0.717, 1.165) is 19.5 Å². The van der Waals surface area contributed by atoms with Crippen molar-refractivity contribution in [2.24, 2.45) is 0 Å². The molecule has 1 aliphatic rings. The van der Waals surface area contributed by atoms with Gasteiger partial charge >= 0.3 is 0 Å². The molecule has 7 nitrogen and oxygen atoms in total. The molecular weight excluding hydrogens is 248 g/mol. The van der Waals surface area contributed by atoms with Gasteiger partial charge in [0.15, 0.2) is 0 Å². The van der Waals surface area contributed by atoms with E-state index in [1.54, 1.807) is 4.90 Å². The molecule has 7 heteroatoms. The summed E-state index contributed by atoms with van der Waals surface area (Å²) < 4.78 is 0. The molecule has 1 fully saturated rings. The van der Waals surface area contributed by atoms with Gasteiger partial charge in [0.2, 0.25) is 0 Å². The van der Waals surface area contributed by atoms with Crippen LogP contribution in [0.25, 0.3) is 0 Å². The largest absolute Gasteiger partial charge is 0.393 e. The van der Waals surface area contributed by atoms with Crippen LogP contribution in [0.2, 0.25) is 0 Å². The molecule has 0 radical (unpaired) electrons. The van der Waals surface area contributed by atoms with Gasteiger partial charge in [-0.2, -0.15) is 0 Å². The average Bonchev–Trinajstić information content (AvgIpc) is 2.67. The van der Waals surface area contributed by atoms with Gasteiger partial charge in [-0.1, -0.05) is 0 Å². The molecule has 19 heavy (non-hydrogen) atoms. The number of carbonyl (C=O) groups is 1. The number of nitro groups is 1. The number of nitrogens with two attached hydrogens (primary N) is 1. The average molecular weight is 264 g/mol. The number of nitrogens with zero attached hydrogens (tertiary/aromatic N) is 2. The predicted molar refractivity (Wildman–Crippen MR) is 70.9 cm³/mol. The Balaban J connectivity index is 2.23. The molecule has 0 aliphatic carbocycles. The van der Waals surface area contributed by atoms with Crippen LogP contribution in [0.4, 0.5) is 11.4 Å². The minimum absolute atomic E-state index is 0.0686. The Bertz CT molecular complexity index is 496. The molecule has 0 saturated carbocycles. The van der Waals surface area contributed by atoms with E-state index in [-0.39, 0.29) is 17.3 Å². The molecule has 0 atom stereocenters. The summed E-state index contributed by atoms with van der Waals surface area (Å²) >= 11 is 0. The number of nitrogens with one attached hydrogen (secondary N) is 1. The second-order valence-electron chi connectivity index (χ2n) is 4.43. The number of amides is 1. The summed E-state index contributed by atoms with van der Waals surface area (Å²) in [6, 6.07) is 4.18. The van der Waals surface area contributed by atoms with Crippen molar-refractivity contribution in [3.8, 4) is 0 Å². The van der Waals surface area contributed by atoms with E-state index in [0.29, 0.717) is 18.7 Å². The van der Waals surface area contributed by atoms with Gasteiger partial charge in [-0.05, 0) is 25.1 Å². The lowest BCUT2D eigenvalue weighted by molar-refractivity contribution is -0.383. The third-order valence-electron chi connectivity index (χ3n) is 3.10. The normalized spacial score (nSPS) is 15.9. The number of anilines is 1. The van der Waals surface area contributed by atoms with Crippen LogP contribution < -0.4 is 11.1 Å². The molecule has 102 valence electrons. The number of nitro benzene ring substituents is 1. The van der Waals surface area contributed by atoms with E-state index in [9.17, 15) is 14.9 Å². The zero-order chi connectivity index (χ0) is 13.8. The smallest absolute Gasteiger partial charge is 0.292 e. The third-order valence-corrected chi connectivity index (χ3v) is 3.10. The molecule has 0 bridgehead atoms. The zero-order valence-electron chi connectivity index (χ0n) is 10.5. The highest BCUT2D eigenvalue weighted by atomic mass is 16.6. The molecule has 1 aliphatic heterocycles. The fourth-order valence-corrected chi connectivity index (χ4v) is 2.07. The summed E-state index contributed by atoms with van der Waals surface area (Å²) in [7, 11) is 0. The van der Waals surface area contributed by atoms with Crippen molar-refractivity contribution in [3.63, 3.8) is 0 Å². The number of carbonyl (C=O) groups excluding carboxylic acids is 1. The topological polar surface area (TPSA) is 102 Å². The molecule has 0 spiro atoms. The Morgan fingerprint density at radius 1 is 1.37 bits per heavy atom. The van der Waals surface area contributed by atoms with Crippen LogP contribution in [0.5, 0.6) is 0 Å². The van der Waals surface area contributed by atoms with Crippen LogP contribution in [0.15, 0.2) is 18.2 Å². The fourth-order valence-electron chi connectivity index (χ4n) is 2.07. The van der Waals surface area contributed by atoms with Gasteiger partial charge in [-0.25, -0.2) is 0 Å². The maximum atomic E-state index is 12.3. The van der Waals surface area contributed by atoms with Gasteiger partial charge in [-0.3, -0.25) is 14.9 Å². The highest BCUT2D eigenvalue weighted by Crippen LogP contribution is 2.23. The van der Waals surface area contributed by atoms with E-state index < -0.39 is 4.92 Å². The van der Waals surface area contributed by atoms with Gasteiger partial charge in [0.1, 0.15) is 5.69 Å². The van der Waals surface area contributed by atoms with Crippen molar-refractivity contribution in [3.05, 3.63) is 33.9 Å². The standard InChI is InChI=1S/C12H16N4O3/c13-10-3-2-9(8-11(10)16(18)19)12(17)15-6-1-4-14-5-7-15/h2-3,8,14H,1,4-7,13H2. The molecular formula is C12H16N4O3. The molecule has 1 heterocycles. The van der Waals surface area contributed by atoms with Crippen LogP contribution in [-0.2, 0) is 0 Å². The number of benzene rings is 1. The van der Waals surface area contributed by atoms with Gasteiger partial charge in [0.05, 0.1) is 4.92 Å². The molecule has 3 N–H and O–H groups in total. The van der Waals surface area contributed by atoms with Crippen LogP contribution in [0.3, 0.4) is 0 Å².